The van der Waals surface area contributed by atoms with E-state index < -0.39 is 5.97 Å². The molecule has 1 rings (SSSR count). The molecule has 0 radical (unpaired) electrons. The second-order valence-electron chi connectivity index (χ2n) is 6.38. The lowest BCUT2D eigenvalue weighted by atomic mass is 9.99. The third kappa shape index (κ3) is 6.20. The molecule has 1 aromatic heterocycles. The number of esters is 1. The molecular weight excluding hydrogens is 320 g/mol. The fourth-order valence-corrected chi connectivity index (χ4v) is 2.84. The van der Waals surface area contributed by atoms with Gasteiger partial charge in [0.1, 0.15) is 12.3 Å². The lowest BCUT2D eigenvalue weighted by molar-refractivity contribution is 0.0387. The minimum absolute atomic E-state index is 0.175. The highest BCUT2D eigenvalue weighted by molar-refractivity contribution is 6.00. The third-order valence-corrected chi connectivity index (χ3v) is 4.48. The fourth-order valence-electron chi connectivity index (χ4n) is 2.84. The molecule has 0 fully saturated rings. The van der Waals surface area contributed by atoms with Gasteiger partial charge in [-0.05, 0) is 31.7 Å². The van der Waals surface area contributed by atoms with Crippen molar-refractivity contribution in [3.8, 4) is 0 Å². The summed E-state index contributed by atoms with van der Waals surface area (Å²) in [6.07, 6.45) is 4.49. The number of aryl methyl sites for hydroxylation is 1. The Labute approximate surface area is 150 Å². The van der Waals surface area contributed by atoms with E-state index in [9.17, 15) is 9.59 Å². The van der Waals surface area contributed by atoms with Gasteiger partial charge in [0, 0.05) is 19.3 Å². The molecule has 142 valence electrons. The van der Waals surface area contributed by atoms with Crippen LogP contribution in [0.3, 0.4) is 0 Å². The summed E-state index contributed by atoms with van der Waals surface area (Å²) in [6.45, 7) is 9.04. The van der Waals surface area contributed by atoms with Crippen LogP contribution < -0.4 is 5.32 Å². The Hall–Kier alpha value is -1.82. The molecule has 1 unspecified atom stereocenters. The molecule has 0 aliphatic heterocycles. The Balaban J connectivity index is 2.73. The maximum Gasteiger partial charge on any atom is 0.340 e. The van der Waals surface area contributed by atoms with Crippen molar-refractivity contribution in [1.29, 1.82) is 0 Å². The van der Waals surface area contributed by atoms with E-state index in [4.69, 9.17) is 9.47 Å². The predicted octanol–water partition coefficient (Wildman–Crippen LogP) is 3.38. The summed E-state index contributed by atoms with van der Waals surface area (Å²) in [5, 5.41) is 2.99. The van der Waals surface area contributed by atoms with Crippen molar-refractivity contribution in [2.24, 2.45) is 5.92 Å². The van der Waals surface area contributed by atoms with E-state index in [0.29, 0.717) is 41.6 Å². The number of hydrogen-bond acceptors (Lipinski definition) is 4. The standard InChI is InChI=1S/C19H32N2O4/c1-6-8-9-15(7-2)12-20-18(22)17-13(3)16(14(4)21-17)19(23)25-11-10-24-5/h15,21H,6-12H2,1-5H3,(H,20,22). The molecule has 1 aromatic rings. The summed E-state index contributed by atoms with van der Waals surface area (Å²) in [5.41, 5.74) is 2.13. The van der Waals surface area contributed by atoms with E-state index in [-0.39, 0.29) is 12.5 Å². The molecule has 0 spiro atoms. The average molecular weight is 352 g/mol. The van der Waals surface area contributed by atoms with E-state index >= 15 is 0 Å². The molecule has 1 amide bonds. The van der Waals surface area contributed by atoms with E-state index in [2.05, 4.69) is 24.1 Å². The van der Waals surface area contributed by atoms with Gasteiger partial charge in [-0.3, -0.25) is 4.79 Å². The number of amides is 1. The monoisotopic (exact) mass is 352 g/mol. The molecule has 1 heterocycles. The van der Waals surface area contributed by atoms with Gasteiger partial charge in [-0.25, -0.2) is 4.79 Å². The number of unbranched alkanes of at least 4 members (excludes halogenated alkanes) is 1. The van der Waals surface area contributed by atoms with Crippen molar-refractivity contribution in [2.45, 2.75) is 53.4 Å². The SMILES string of the molecule is CCCCC(CC)CNC(=O)c1[nH]c(C)c(C(=O)OCCOC)c1C. The minimum Gasteiger partial charge on any atom is -0.460 e. The van der Waals surface area contributed by atoms with Crippen LogP contribution in [0.5, 0.6) is 0 Å². The number of methoxy groups -OCH3 is 1. The first kappa shape index (κ1) is 21.2. The van der Waals surface area contributed by atoms with Gasteiger partial charge in [-0.15, -0.1) is 0 Å². The highest BCUT2D eigenvalue weighted by atomic mass is 16.6. The Kier molecular flexibility index (Phi) is 9.27. The summed E-state index contributed by atoms with van der Waals surface area (Å²) in [4.78, 5) is 27.7. The van der Waals surface area contributed by atoms with Gasteiger partial charge in [0.2, 0.25) is 0 Å². The van der Waals surface area contributed by atoms with Gasteiger partial charge < -0.3 is 19.8 Å². The maximum atomic E-state index is 12.5. The fraction of sp³-hybridized carbons (Fsp3) is 0.684. The number of ether oxygens (including phenoxy) is 2. The number of hydrogen-bond donors (Lipinski definition) is 2. The van der Waals surface area contributed by atoms with Crippen molar-refractivity contribution in [2.75, 3.05) is 26.9 Å². The molecule has 2 N–H and O–H groups in total. The molecule has 0 saturated heterocycles. The molecule has 6 heteroatoms. The molecule has 25 heavy (non-hydrogen) atoms. The first-order chi connectivity index (χ1) is 12.0. The van der Waals surface area contributed by atoms with Crippen LogP contribution in [0.2, 0.25) is 0 Å². The summed E-state index contributed by atoms with van der Waals surface area (Å²) in [7, 11) is 1.55. The summed E-state index contributed by atoms with van der Waals surface area (Å²) >= 11 is 0. The van der Waals surface area contributed by atoms with Crippen LogP contribution >= 0.6 is 0 Å². The number of carbonyl (C=O) groups excluding carboxylic acids is 2. The number of nitrogens with one attached hydrogen (secondary N) is 2. The average Bonchev–Trinajstić information content (AvgIpc) is 2.89. The highest BCUT2D eigenvalue weighted by Crippen LogP contribution is 2.19. The predicted molar refractivity (Wildman–Crippen MR) is 98.1 cm³/mol. The van der Waals surface area contributed by atoms with Crippen molar-refractivity contribution >= 4 is 11.9 Å². The second-order valence-corrected chi connectivity index (χ2v) is 6.38. The number of aromatic nitrogens is 1. The maximum absolute atomic E-state index is 12.5. The lowest BCUT2D eigenvalue weighted by Gasteiger charge is -2.15. The van der Waals surface area contributed by atoms with Crippen LogP contribution in [-0.2, 0) is 9.47 Å². The van der Waals surface area contributed by atoms with E-state index in [1.807, 2.05) is 0 Å². The Morgan fingerprint density at radius 1 is 1.20 bits per heavy atom. The zero-order valence-corrected chi connectivity index (χ0v) is 16.2. The van der Waals surface area contributed by atoms with Crippen molar-refractivity contribution in [3.05, 3.63) is 22.5 Å². The smallest absolute Gasteiger partial charge is 0.340 e. The molecule has 6 nitrogen and oxygen atoms in total. The molecule has 0 aliphatic rings. The van der Waals surface area contributed by atoms with E-state index in [1.54, 1.807) is 21.0 Å². The van der Waals surface area contributed by atoms with Crippen LogP contribution in [0, 0.1) is 19.8 Å². The van der Waals surface area contributed by atoms with Gasteiger partial charge in [0.25, 0.3) is 5.91 Å². The Bertz CT molecular complexity index is 566. The van der Waals surface area contributed by atoms with E-state index in [1.165, 1.54) is 6.42 Å². The normalized spacial score (nSPS) is 12.0. The largest absolute Gasteiger partial charge is 0.460 e. The zero-order chi connectivity index (χ0) is 18.8. The van der Waals surface area contributed by atoms with Gasteiger partial charge in [-0.1, -0.05) is 33.1 Å². The molecular formula is C19H32N2O4. The molecule has 0 aromatic carbocycles. The molecule has 0 bridgehead atoms. The molecule has 0 saturated carbocycles. The number of rotatable bonds is 11. The van der Waals surface area contributed by atoms with Crippen LogP contribution in [0.25, 0.3) is 0 Å². The topological polar surface area (TPSA) is 80.4 Å². The van der Waals surface area contributed by atoms with Crippen LogP contribution in [-0.4, -0.2) is 43.7 Å². The highest BCUT2D eigenvalue weighted by Gasteiger charge is 2.23. The first-order valence-electron chi connectivity index (χ1n) is 9.09. The summed E-state index contributed by atoms with van der Waals surface area (Å²) in [5.74, 6) is -0.123. The van der Waals surface area contributed by atoms with Gasteiger partial charge in [0.15, 0.2) is 0 Å². The molecule has 0 aliphatic carbocycles. The van der Waals surface area contributed by atoms with Crippen LogP contribution in [0.1, 0.15) is 71.6 Å². The van der Waals surface area contributed by atoms with Crippen LogP contribution in [0.4, 0.5) is 0 Å². The number of H-pyrrole nitrogens is 1. The van der Waals surface area contributed by atoms with Crippen molar-refractivity contribution < 1.29 is 19.1 Å². The second kappa shape index (κ2) is 10.9. The van der Waals surface area contributed by atoms with Gasteiger partial charge in [0.05, 0.1) is 12.2 Å². The number of carbonyl (C=O) groups is 2. The summed E-state index contributed by atoms with van der Waals surface area (Å²) < 4.78 is 10.0. The van der Waals surface area contributed by atoms with Crippen LogP contribution in [0.15, 0.2) is 0 Å². The first-order valence-corrected chi connectivity index (χ1v) is 9.09. The number of aromatic amines is 1. The third-order valence-electron chi connectivity index (χ3n) is 4.48. The summed E-state index contributed by atoms with van der Waals surface area (Å²) in [6, 6.07) is 0. The van der Waals surface area contributed by atoms with E-state index in [0.717, 1.165) is 19.3 Å². The van der Waals surface area contributed by atoms with Crippen molar-refractivity contribution in [3.63, 3.8) is 0 Å². The van der Waals surface area contributed by atoms with Gasteiger partial charge in [-0.2, -0.15) is 0 Å². The Morgan fingerprint density at radius 3 is 2.52 bits per heavy atom. The quantitative estimate of drug-likeness (QED) is 0.472. The Morgan fingerprint density at radius 2 is 1.92 bits per heavy atom. The molecule has 1 atom stereocenters. The van der Waals surface area contributed by atoms with Gasteiger partial charge >= 0.3 is 5.97 Å². The van der Waals surface area contributed by atoms with Crippen molar-refractivity contribution in [1.82, 2.24) is 10.3 Å². The minimum atomic E-state index is -0.434. The zero-order valence-electron chi connectivity index (χ0n) is 16.2. The lowest BCUT2D eigenvalue weighted by Crippen LogP contribution is -2.30.